The van der Waals surface area contributed by atoms with E-state index >= 15 is 0 Å². The summed E-state index contributed by atoms with van der Waals surface area (Å²) in [6.07, 6.45) is 0. The molecule has 0 nitrogen and oxygen atoms in total. The van der Waals surface area contributed by atoms with Gasteiger partial charge in [0.2, 0.25) is 0 Å². The van der Waals surface area contributed by atoms with Gasteiger partial charge >= 0.3 is 0 Å². The lowest BCUT2D eigenvalue weighted by atomic mass is 10.4. The van der Waals surface area contributed by atoms with Gasteiger partial charge in [-0.3, -0.25) is 0 Å². The van der Waals surface area contributed by atoms with E-state index in [9.17, 15) is 0 Å². The van der Waals surface area contributed by atoms with E-state index in [1.807, 2.05) is 35.7 Å². The van der Waals surface area contributed by atoms with Crippen LogP contribution in [0.25, 0.3) is 0 Å². The number of halogens is 2. The van der Waals surface area contributed by atoms with Crippen molar-refractivity contribution in [3.8, 4) is 0 Å². The third kappa shape index (κ3) is 5.39. The lowest BCUT2D eigenvalue weighted by Crippen LogP contribution is -1.76. The van der Waals surface area contributed by atoms with Gasteiger partial charge in [-0.05, 0) is 36.4 Å². The molecule has 0 N–H and O–H groups in total. The molecular formula is C14H14Br2S2. The van der Waals surface area contributed by atoms with Crippen LogP contribution in [0.3, 0.4) is 0 Å². The van der Waals surface area contributed by atoms with E-state index < -0.39 is 0 Å². The van der Waals surface area contributed by atoms with E-state index in [4.69, 9.17) is 0 Å². The van der Waals surface area contributed by atoms with E-state index in [1.165, 1.54) is 9.79 Å². The quantitative estimate of drug-likeness (QED) is 0.410. The second kappa shape index (κ2) is 8.31. The fourth-order valence-electron chi connectivity index (χ4n) is 1.28. The van der Waals surface area contributed by atoms with Crippen molar-refractivity contribution in [2.45, 2.75) is 17.2 Å². The van der Waals surface area contributed by atoms with Crippen molar-refractivity contribution in [3.05, 3.63) is 57.5 Å². The lowest BCUT2D eigenvalue weighted by molar-refractivity contribution is 1.43. The molecule has 0 saturated heterocycles. The fourth-order valence-corrected chi connectivity index (χ4v) is 4.48. The molecule has 0 aromatic heterocycles. The second-order valence-corrected chi connectivity index (χ2v) is 7.62. The standard InChI is InChI=1S/C13H10Br2S2.CH4/c14-10-3-1-5-12(7-10)16-9-17-13-6-2-4-11(15)8-13;/h1-8H,9H2;1H4. The molecule has 0 radical (unpaired) electrons. The van der Waals surface area contributed by atoms with Crippen molar-refractivity contribution < 1.29 is 0 Å². The molecule has 0 amide bonds. The topological polar surface area (TPSA) is 0 Å². The van der Waals surface area contributed by atoms with Crippen LogP contribution in [0.1, 0.15) is 7.43 Å². The molecule has 0 atom stereocenters. The molecule has 0 fully saturated rings. The molecule has 0 heterocycles. The van der Waals surface area contributed by atoms with Gasteiger partial charge in [-0.25, -0.2) is 0 Å². The minimum absolute atomic E-state index is 0. The smallest absolute Gasteiger partial charge is 0.0486 e. The van der Waals surface area contributed by atoms with Crippen LogP contribution in [0.15, 0.2) is 67.3 Å². The van der Waals surface area contributed by atoms with Crippen LogP contribution in [0.5, 0.6) is 0 Å². The maximum absolute atomic E-state index is 3.48. The van der Waals surface area contributed by atoms with Gasteiger partial charge in [-0.1, -0.05) is 51.4 Å². The summed E-state index contributed by atoms with van der Waals surface area (Å²) in [6, 6.07) is 16.8. The maximum Gasteiger partial charge on any atom is 0.0486 e. The third-order valence-electron chi connectivity index (χ3n) is 2.04. The summed E-state index contributed by atoms with van der Waals surface area (Å²) in [5, 5.41) is 1.02. The molecule has 0 unspecified atom stereocenters. The van der Waals surface area contributed by atoms with Gasteiger partial charge in [-0.2, -0.15) is 0 Å². The van der Waals surface area contributed by atoms with Crippen LogP contribution in [0, 0.1) is 0 Å². The summed E-state index contributed by atoms with van der Waals surface area (Å²) in [4.78, 5) is 2.59. The molecule has 18 heavy (non-hydrogen) atoms. The van der Waals surface area contributed by atoms with Crippen molar-refractivity contribution in [3.63, 3.8) is 0 Å². The Labute approximate surface area is 134 Å². The highest BCUT2D eigenvalue weighted by Gasteiger charge is 1.98. The van der Waals surface area contributed by atoms with Crippen molar-refractivity contribution in [1.29, 1.82) is 0 Å². The Morgan fingerprint density at radius 3 is 1.61 bits per heavy atom. The Kier molecular flexibility index (Phi) is 7.46. The van der Waals surface area contributed by atoms with Crippen molar-refractivity contribution >= 4 is 55.4 Å². The number of benzene rings is 2. The zero-order chi connectivity index (χ0) is 12.1. The zero-order valence-electron chi connectivity index (χ0n) is 8.90. The minimum atomic E-state index is 0. The van der Waals surface area contributed by atoms with E-state index in [2.05, 4.69) is 68.3 Å². The normalized spacial score (nSPS) is 9.89. The molecule has 0 bridgehead atoms. The average Bonchev–Trinajstić information content (AvgIpc) is 2.29. The van der Waals surface area contributed by atoms with Gasteiger partial charge in [0.15, 0.2) is 0 Å². The summed E-state index contributed by atoms with van der Waals surface area (Å²) >= 11 is 10.7. The van der Waals surface area contributed by atoms with Crippen molar-refractivity contribution in [1.82, 2.24) is 0 Å². The highest BCUT2D eigenvalue weighted by Crippen LogP contribution is 2.30. The van der Waals surface area contributed by atoms with Crippen LogP contribution in [-0.2, 0) is 0 Å². The summed E-state index contributed by atoms with van der Waals surface area (Å²) < 4.78 is 2.27. The predicted molar refractivity (Wildman–Crippen MR) is 91.6 cm³/mol. The number of thioether (sulfide) groups is 2. The first kappa shape index (κ1) is 16.2. The van der Waals surface area contributed by atoms with Gasteiger partial charge in [-0.15, -0.1) is 23.5 Å². The molecule has 0 saturated carbocycles. The summed E-state index contributed by atoms with van der Waals surface area (Å²) in [7, 11) is 0. The lowest BCUT2D eigenvalue weighted by Gasteiger charge is -2.03. The van der Waals surface area contributed by atoms with Crippen molar-refractivity contribution in [2.75, 3.05) is 5.08 Å². The Balaban J connectivity index is 0.00000162. The van der Waals surface area contributed by atoms with Crippen LogP contribution in [0.4, 0.5) is 0 Å². The monoisotopic (exact) mass is 404 g/mol. The molecule has 0 aliphatic carbocycles. The third-order valence-corrected chi connectivity index (χ3v) is 5.15. The van der Waals surface area contributed by atoms with Gasteiger partial charge in [0, 0.05) is 23.8 Å². The molecular weight excluding hydrogens is 392 g/mol. The number of rotatable bonds is 4. The van der Waals surface area contributed by atoms with Crippen LogP contribution in [0.2, 0.25) is 0 Å². The van der Waals surface area contributed by atoms with E-state index in [1.54, 1.807) is 0 Å². The number of hydrogen-bond donors (Lipinski definition) is 0. The Hall–Kier alpha value is 0.1000. The molecule has 96 valence electrons. The first-order valence-electron chi connectivity index (χ1n) is 5.01. The predicted octanol–water partition coefficient (Wildman–Crippen LogP) is 6.69. The zero-order valence-corrected chi connectivity index (χ0v) is 13.7. The second-order valence-electron chi connectivity index (χ2n) is 3.32. The molecule has 2 aromatic carbocycles. The SMILES string of the molecule is Brc1cccc(SCSc2cccc(Br)c2)c1.C. The van der Waals surface area contributed by atoms with E-state index in [0.717, 1.165) is 14.0 Å². The summed E-state index contributed by atoms with van der Waals surface area (Å²) in [5.74, 6) is 0. The van der Waals surface area contributed by atoms with Gasteiger partial charge < -0.3 is 0 Å². The Morgan fingerprint density at radius 2 is 1.22 bits per heavy atom. The maximum atomic E-state index is 3.48. The van der Waals surface area contributed by atoms with E-state index in [0.29, 0.717) is 0 Å². The highest BCUT2D eigenvalue weighted by molar-refractivity contribution is 9.10. The Morgan fingerprint density at radius 1 is 0.778 bits per heavy atom. The number of hydrogen-bond acceptors (Lipinski definition) is 2. The summed E-state index contributed by atoms with van der Waals surface area (Å²) in [5.41, 5.74) is 0. The molecule has 2 aromatic rings. The van der Waals surface area contributed by atoms with Crippen LogP contribution < -0.4 is 0 Å². The molecule has 2 rings (SSSR count). The molecule has 0 spiro atoms. The fraction of sp³-hybridized carbons (Fsp3) is 0.143. The molecule has 0 aliphatic rings. The Bertz CT molecular complexity index is 455. The summed E-state index contributed by atoms with van der Waals surface area (Å²) in [6.45, 7) is 0. The van der Waals surface area contributed by atoms with E-state index in [-0.39, 0.29) is 7.43 Å². The highest BCUT2D eigenvalue weighted by atomic mass is 79.9. The van der Waals surface area contributed by atoms with Crippen LogP contribution >= 0.6 is 55.4 Å². The molecule has 4 heteroatoms. The first-order chi connectivity index (χ1) is 8.24. The van der Waals surface area contributed by atoms with Gasteiger partial charge in [0.05, 0.1) is 0 Å². The van der Waals surface area contributed by atoms with Gasteiger partial charge in [0.25, 0.3) is 0 Å². The first-order valence-corrected chi connectivity index (χ1v) is 8.56. The van der Waals surface area contributed by atoms with Crippen molar-refractivity contribution in [2.24, 2.45) is 0 Å². The largest absolute Gasteiger partial charge is 0.115 e. The minimum Gasteiger partial charge on any atom is -0.115 e. The average molecular weight is 406 g/mol. The van der Waals surface area contributed by atoms with Gasteiger partial charge in [0.1, 0.15) is 0 Å². The van der Waals surface area contributed by atoms with Crippen LogP contribution in [-0.4, -0.2) is 5.08 Å². The molecule has 0 aliphatic heterocycles.